The Bertz CT molecular complexity index is 2130. The number of alkyl halides is 3. The Kier molecular flexibility index (Phi) is 7.36. The van der Waals surface area contributed by atoms with E-state index in [0.717, 1.165) is 17.2 Å². The minimum absolute atomic E-state index is 0.00163. The molecule has 2 bridgehead atoms. The standard InChI is InChI=1S/C22H23F3N10O9P2S2/c23-9-12-7(41-18(9)35-6-31-11-16(35)32-20(27)33-17(11)36)1-39-46(38,48)44-13-19(34-5-30-10-14(26)28-4-29-15(10)34)42-8(2-40-45(37,47)43-12)21(13)3-22(21,24)25/h4-9,12-13,18-19H,1-3H2,(H,37,47)(H,38,48)(H2,26,28,29)(H3,27,32,33,36)/t7-,8-,9-,12-,13+,18-,19-,21-,45?,46-/m1/s1. The number of halogens is 3. The second-order valence-corrected chi connectivity index (χ2v) is 17.0. The molecule has 4 aromatic heterocycles. The van der Waals surface area contributed by atoms with E-state index in [2.05, 4.69) is 29.9 Å². The first-order valence-corrected chi connectivity index (χ1v) is 19.1. The number of anilines is 2. The lowest BCUT2D eigenvalue weighted by molar-refractivity contribution is -0.0605. The average Bonchev–Trinajstić information content (AvgIpc) is 3.49. The summed E-state index contributed by atoms with van der Waals surface area (Å²) in [5, 5.41) is 0. The predicted octanol–water partition coefficient (Wildman–Crippen LogP) is 0.533. The Balaban J connectivity index is 1.15. The fraction of sp³-hybridized carbons (Fsp3) is 0.545. The molecule has 3 saturated heterocycles. The van der Waals surface area contributed by atoms with Gasteiger partial charge in [-0.1, -0.05) is 0 Å². The van der Waals surface area contributed by atoms with Crippen LogP contribution in [0.1, 0.15) is 18.9 Å². The Morgan fingerprint density at radius 3 is 2.35 bits per heavy atom. The van der Waals surface area contributed by atoms with E-state index in [4.69, 9.17) is 62.6 Å². The lowest BCUT2D eigenvalue weighted by Gasteiger charge is -2.29. The van der Waals surface area contributed by atoms with Crippen molar-refractivity contribution in [3.63, 3.8) is 0 Å². The van der Waals surface area contributed by atoms with Gasteiger partial charge in [0, 0.05) is 6.42 Å². The van der Waals surface area contributed by atoms with Gasteiger partial charge in [-0.05, 0) is 23.6 Å². The van der Waals surface area contributed by atoms with E-state index in [1.165, 1.54) is 10.9 Å². The molecule has 7 N–H and O–H groups in total. The van der Waals surface area contributed by atoms with E-state index in [1.54, 1.807) is 0 Å². The van der Waals surface area contributed by atoms with Gasteiger partial charge in [-0.25, -0.2) is 33.1 Å². The highest BCUT2D eigenvalue weighted by Gasteiger charge is 2.83. The molecule has 3 aliphatic heterocycles. The third-order valence-corrected chi connectivity index (χ3v) is 11.8. The maximum absolute atomic E-state index is 16.2. The molecule has 8 rings (SSSR count). The summed E-state index contributed by atoms with van der Waals surface area (Å²) < 4.78 is 83.5. The molecule has 1 saturated carbocycles. The van der Waals surface area contributed by atoms with Crippen molar-refractivity contribution in [2.75, 3.05) is 24.7 Å². The molecule has 19 nitrogen and oxygen atoms in total. The first-order valence-electron chi connectivity index (χ1n) is 13.9. The fourth-order valence-corrected chi connectivity index (χ4v) is 9.24. The third kappa shape index (κ3) is 5.01. The van der Waals surface area contributed by atoms with Crippen LogP contribution in [-0.4, -0.2) is 98.5 Å². The molecule has 7 heterocycles. The van der Waals surface area contributed by atoms with Crippen LogP contribution in [0.2, 0.25) is 0 Å². The molecule has 4 fully saturated rings. The van der Waals surface area contributed by atoms with Gasteiger partial charge in [0.2, 0.25) is 5.95 Å². The van der Waals surface area contributed by atoms with Gasteiger partial charge in [0.25, 0.3) is 11.5 Å². The topological polar surface area (TPSA) is 255 Å². The van der Waals surface area contributed by atoms with Gasteiger partial charge in [-0.15, -0.1) is 0 Å². The van der Waals surface area contributed by atoms with Gasteiger partial charge >= 0.3 is 13.4 Å². The van der Waals surface area contributed by atoms with Crippen molar-refractivity contribution in [1.82, 2.24) is 39.0 Å². The highest BCUT2D eigenvalue weighted by Crippen LogP contribution is 2.73. The number of aromatic nitrogens is 8. The maximum atomic E-state index is 16.2. The smallest absolute Gasteiger partial charge is 0.325 e. The number of imidazole rings is 2. The van der Waals surface area contributed by atoms with Crippen molar-refractivity contribution >= 4 is 71.1 Å². The van der Waals surface area contributed by atoms with E-state index >= 15 is 13.2 Å². The zero-order chi connectivity index (χ0) is 34.0. The van der Waals surface area contributed by atoms with Crippen LogP contribution in [0.25, 0.3) is 22.3 Å². The van der Waals surface area contributed by atoms with Gasteiger partial charge in [0.05, 0.1) is 37.4 Å². The van der Waals surface area contributed by atoms with E-state index in [1.807, 2.05) is 0 Å². The normalized spacial score (nSPS) is 39.6. The summed E-state index contributed by atoms with van der Waals surface area (Å²) >= 11 is 10.4. The molecule has 0 amide bonds. The molecule has 258 valence electrons. The summed E-state index contributed by atoms with van der Waals surface area (Å²) in [4.78, 5) is 57.0. The number of nitrogens with two attached hydrogens (primary N) is 2. The van der Waals surface area contributed by atoms with Crippen LogP contribution in [0.5, 0.6) is 0 Å². The van der Waals surface area contributed by atoms with Crippen molar-refractivity contribution in [2.45, 2.75) is 55.4 Å². The van der Waals surface area contributed by atoms with E-state index in [0.29, 0.717) is 0 Å². The molecular formula is C22H23F3N10O9P2S2. The third-order valence-electron chi connectivity index (χ3n) is 8.66. The van der Waals surface area contributed by atoms with Crippen molar-refractivity contribution < 1.29 is 50.5 Å². The van der Waals surface area contributed by atoms with Gasteiger partial charge in [0.15, 0.2) is 41.3 Å². The number of H-pyrrole nitrogens is 1. The van der Waals surface area contributed by atoms with Crippen molar-refractivity contribution in [3.05, 3.63) is 29.3 Å². The Morgan fingerprint density at radius 1 is 0.958 bits per heavy atom. The first kappa shape index (κ1) is 32.5. The van der Waals surface area contributed by atoms with Crippen LogP contribution >= 0.6 is 13.4 Å². The van der Waals surface area contributed by atoms with Gasteiger partial charge in [-0.2, -0.15) is 4.98 Å². The molecule has 48 heavy (non-hydrogen) atoms. The number of rotatable bonds is 2. The number of hydrogen-bond acceptors (Lipinski definition) is 16. The predicted molar refractivity (Wildman–Crippen MR) is 162 cm³/mol. The average molecular weight is 755 g/mol. The van der Waals surface area contributed by atoms with Crippen LogP contribution in [0, 0.1) is 5.41 Å². The number of fused-ring (bicyclic) bond motifs is 3. The zero-order valence-electron chi connectivity index (χ0n) is 23.8. The first-order chi connectivity index (χ1) is 22.6. The summed E-state index contributed by atoms with van der Waals surface area (Å²) in [5.74, 6) is -3.71. The molecule has 10 atom stereocenters. The van der Waals surface area contributed by atoms with E-state index < -0.39 is 93.0 Å². The molecule has 1 aliphatic carbocycles. The van der Waals surface area contributed by atoms with Crippen molar-refractivity contribution in [3.8, 4) is 0 Å². The molecule has 4 aromatic rings. The highest BCUT2D eigenvalue weighted by atomic mass is 32.5. The molecule has 1 unspecified atom stereocenters. The monoisotopic (exact) mass is 754 g/mol. The lowest BCUT2D eigenvalue weighted by atomic mass is 9.94. The van der Waals surface area contributed by atoms with Gasteiger partial charge < -0.3 is 39.8 Å². The van der Waals surface area contributed by atoms with Gasteiger partial charge in [-0.3, -0.25) is 28.0 Å². The van der Waals surface area contributed by atoms with Crippen LogP contribution in [0.4, 0.5) is 24.9 Å². The van der Waals surface area contributed by atoms with Crippen molar-refractivity contribution in [1.29, 1.82) is 0 Å². The van der Waals surface area contributed by atoms with Crippen LogP contribution < -0.4 is 17.0 Å². The number of nitrogen functional groups attached to an aromatic ring is 2. The largest absolute Gasteiger partial charge is 0.382 e. The Morgan fingerprint density at radius 2 is 1.62 bits per heavy atom. The summed E-state index contributed by atoms with van der Waals surface area (Å²) in [5.41, 5.74) is 8.64. The number of nitrogens with one attached hydrogen (secondary N) is 1. The second kappa shape index (κ2) is 10.9. The molecule has 26 heteroatoms. The Hall–Kier alpha value is -2.73. The molecule has 0 aromatic carbocycles. The van der Waals surface area contributed by atoms with Crippen LogP contribution in [-0.2, 0) is 51.2 Å². The number of nitrogens with zero attached hydrogens (tertiary/aromatic N) is 7. The van der Waals surface area contributed by atoms with Gasteiger partial charge in [0.1, 0.15) is 30.2 Å². The van der Waals surface area contributed by atoms with E-state index in [9.17, 15) is 14.6 Å². The highest BCUT2D eigenvalue weighted by molar-refractivity contribution is 8.07. The summed E-state index contributed by atoms with van der Waals surface area (Å²) in [6.07, 6.45) is -8.98. The minimum Gasteiger partial charge on any atom is -0.382 e. The van der Waals surface area contributed by atoms with E-state index in [-0.39, 0.29) is 34.1 Å². The fourth-order valence-electron chi connectivity index (χ4n) is 6.38. The number of hydrogen-bond donors (Lipinski definition) is 5. The lowest BCUT2D eigenvalue weighted by Crippen LogP contribution is -2.37. The second-order valence-electron chi connectivity index (χ2n) is 11.4. The number of ether oxygens (including phenoxy) is 2. The SMILES string of the molecule is Nc1nc2c(ncn2[C@@H]2O[C@@H]3CO[P@@](O)(=S)O[C@H]4[C@H](n5cnc6c(N)ncnc65)O[C@H](COP(O)(=S)O[C@H]3[C@H]2F)[C@]42CC2(F)F)c(=O)[nH]1. The maximum Gasteiger partial charge on any atom is 0.325 e. The Labute approximate surface area is 275 Å². The molecular weight excluding hydrogens is 731 g/mol. The zero-order valence-corrected chi connectivity index (χ0v) is 27.2. The number of aromatic amines is 1. The molecule has 0 radical (unpaired) electrons. The summed E-state index contributed by atoms with van der Waals surface area (Å²) in [6, 6.07) is 0. The quantitative estimate of drug-likeness (QED) is 0.175. The summed E-state index contributed by atoms with van der Waals surface area (Å²) in [6.45, 7) is -10.4. The van der Waals surface area contributed by atoms with Crippen molar-refractivity contribution in [2.24, 2.45) is 5.41 Å². The van der Waals surface area contributed by atoms with Crippen LogP contribution in [0.15, 0.2) is 23.8 Å². The molecule has 4 aliphatic rings. The summed E-state index contributed by atoms with van der Waals surface area (Å²) in [7, 11) is 0. The minimum atomic E-state index is -4.48. The van der Waals surface area contributed by atoms with Crippen LogP contribution in [0.3, 0.4) is 0 Å². The molecule has 1 spiro atoms.